The second-order valence-corrected chi connectivity index (χ2v) is 6.02. The Bertz CT molecular complexity index is 524. The van der Waals surface area contributed by atoms with Crippen molar-refractivity contribution in [3.05, 3.63) is 23.8 Å². The summed E-state index contributed by atoms with van der Waals surface area (Å²) in [6.07, 6.45) is 3.42. The number of benzene rings is 1. The molecule has 0 amide bonds. The smallest absolute Gasteiger partial charge is 0.314 e. The zero-order valence-corrected chi connectivity index (χ0v) is 13.2. The number of rotatable bonds is 6. The maximum Gasteiger partial charge on any atom is 0.314 e. The number of carboxylic acid groups (broad SMARTS) is 1. The van der Waals surface area contributed by atoms with Crippen LogP contribution in [0, 0.1) is 5.41 Å². The number of carbonyl (C=O) groups is 1. The molecule has 0 aromatic heterocycles. The van der Waals surface area contributed by atoms with E-state index < -0.39 is 11.4 Å². The Balaban J connectivity index is 2.40. The highest BCUT2D eigenvalue weighted by molar-refractivity contribution is 5.83. The van der Waals surface area contributed by atoms with Crippen LogP contribution in [0.25, 0.3) is 0 Å². The van der Waals surface area contributed by atoms with Gasteiger partial charge in [0.2, 0.25) is 0 Å². The standard InChI is InChI=1S/C17H24O4/c1-5-16(6-2)10-17(11-16,15(18)19)12-7-8-13(20-3)14(9-12)21-4/h7-9H,5-6,10-11H2,1-4H3,(H,18,19). The molecule has 1 aliphatic rings. The Morgan fingerprint density at radius 1 is 1.14 bits per heavy atom. The maximum atomic E-state index is 11.9. The fourth-order valence-electron chi connectivity index (χ4n) is 3.59. The number of hydrogen-bond acceptors (Lipinski definition) is 3. The van der Waals surface area contributed by atoms with Crippen molar-refractivity contribution in [2.45, 2.75) is 44.9 Å². The van der Waals surface area contributed by atoms with Crippen molar-refractivity contribution < 1.29 is 19.4 Å². The van der Waals surface area contributed by atoms with E-state index in [1.807, 2.05) is 12.1 Å². The molecule has 0 saturated heterocycles. The Kier molecular flexibility index (Phi) is 4.17. The maximum absolute atomic E-state index is 11.9. The van der Waals surface area contributed by atoms with Crippen molar-refractivity contribution in [1.82, 2.24) is 0 Å². The molecule has 0 radical (unpaired) electrons. The van der Waals surface area contributed by atoms with Gasteiger partial charge >= 0.3 is 5.97 Å². The lowest BCUT2D eigenvalue weighted by Crippen LogP contribution is -2.54. The van der Waals surface area contributed by atoms with Crippen LogP contribution in [-0.4, -0.2) is 25.3 Å². The van der Waals surface area contributed by atoms with Crippen LogP contribution in [0.4, 0.5) is 0 Å². The lowest BCUT2D eigenvalue weighted by atomic mass is 9.48. The average Bonchev–Trinajstić information content (AvgIpc) is 2.47. The Morgan fingerprint density at radius 2 is 1.71 bits per heavy atom. The van der Waals surface area contributed by atoms with Crippen LogP contribution in [0.5, 0.6) is 11.5 Å². The monoisotopic (exact) mass is 292 g/mol. The van der Waals surface area contributed by atoms with Gasteiger partial charge in [0, 0.05) is 0 Å². The molecule has 0 spiro atoms. The molecule has 21 heavy (non-hydrogen) atoms. The summed E-state index contributed by atoms with van der Waals surface area (Å²) in [5, 5.41) is 9.78. The van der Waals surface area contributed by atoms with Crippen molar-refractivity contribution in [3.63, 3.8) is 0 Å². The van der Waals surface area contributed by atoms with Crippen LogP contribution in [0.1, 0.15) is 45.1 Å². The summed E-state index contributed by atoms with van der Waals surface area (Å²) in [5.41, 5.74) is 0.182. The van der Waals surface area contributed by atoms with E-state index in [2.05, 4.69) is 13.8 Å². The van der Waals surface area contributed by atoms with Crippen molar-refractivity contribution in [3.8, 4) is 11.5 Å². The normalized spacial score (nSPS) is 18.7. The highest BCUT2D eigenvalue weighted by Gasteiger charge is 2.58. The van der Waals surface area contributed by atoms with Crippen molar-refractivity contribution in [2.24, 2.45) is 5.41 Å². The molecular formula is C17H24O4. The third-order valence-electron chi connectivity index (χ3n) is 5.20. The lowest BCUT2D eigenvalue weighted by Gasteiger charge is -2.54. The fraction of sp³-hybridized carbons (Fsp3) is 0.588. The van der Waals surface area contributed by atoms with E-state index in [0.29, 0.717) is 24.3 Å². The number of ether oxygens (including phenoxy) is 2. The van der Waals surface area contributed by atoms with Crippen molar-refractivity contribution in [1.29, 1.82) is 0 Å². The first-order valence-electron chi connectivity index (χ1n) is 7.43. The van der Waals surface area contributed by atoms with E-state index in [-0.39, 0.29) is 5.41 Å². The van der Waals surface area contributed by atoms with Gasteiger partial charge in [-0.05, 0) is 36.0 Å². The van der Waals surface area contributed by atoms with Crippen LogP contribution in [0.2, 0.25) is 0 Å². The minimum absolute atomic E-state index is 0.158. The van der Waals surface area contributed by atoms with Crippen LogP contribution in [0.3, 0.4) is 0 Å². The zero-order chi connectivity index (χ0) is 15.7. The van der Waals surface area contributed by atoms with Crippen LogP contribution in [-0.2, 0) is 10.2 Å². The first-order valence-corrected chi connectivity index (χ1v) is 7.43. The molecule has 0 bridgehead atoms. The molecule has 1 fully saturated rings. The topological polar surface area (TPSA) is 55.8 Å². The SMILES string of the molecule is CCC1(CC)CC(C(=O)O)(c2ccc(OC)c(OC)c2)C1. The second kappa shape index (κ2) is 5.58. The lowest BCUT2D eigenvalue weighted by molar-refractivity contribution is -0.155. The molecular weight excluding hydrogens is 268 g/mol. The second-order valence-electron chi connectivity index (χ2n) is 6.02. The summed E-state index contributed by atoms with van der Waals surface area (Å²) in [6, 6.07) is 5.45. The van der Waals surface area contributed by atoms with Crippen LogP contribution < -0.4 is 9.47 Å². The van der Waals surface area contributed by atoms with E-state index in [1.54, 1.807) is 20.3 Å². The number of methoxy groups -OCH3 is 2. The molecule has 0 aliphatic heterocycles. The third-order valence-corrected chi connectivity index (χ3v) is 5.20. The average molecular weight is 292 g/mol. The van der Waals surface area contributed by atoms with Gasteiger partial charge in [-0.2, -0.15) is 0 Å². The molecule has 1 aromatic carbocycles. The summed E-state index contributed by atoms with van der Waals surface area (Å²) in [7, 11) is 3.14. The van der Waals surface area contributed by atoms with E-state index in [1.165, 1.54) is 0 Å². The quantitative estimate of drug-likeness (QED) is 0.870. The van der Waals surface area contributed by atoms with Gasteiger partial charge in [-0.3, -0.25) is 4.79 Å². The zero-order valence-electron chi connectivity index (χ0n) is 13.2. The predicted molar refractivity (Wildman–Crippen MR) is 81.1 cm³/mol. The molecule has 1 N–H and O–H groups in total. The minimum atomic E-state index is -0.786. The number of hydrogen-bond donors (Lipinski definition) is 1. The van der Waals surface area contributed by atoms with Gasteiger partial charge in [-0.15, -0.1) is 0 Å². The highest BCUT2D eigenvalue weighted by Crippen LogP contribution is 2.59. The molecule has 0 unspecified atom stereocenters. The van der Waals surface area contributed by atoms with Gasteiger partial charge in [0.1, 0.15) is 0 Å². The summed E-state index contributed by atoms with van der Waals surface area (Å²) in [5.74, 6) is 0.465. The van der Waals surface area contributed by atoms with E-state index in [4.69, 9.17) is 9.47 Å². The van der Waals surface area contributed by atoms with Gasteiger partial charge in [-0.25, -0.2) is 0 Å². The molecule has 2 rings (SSSR count). The molecule has 4 nitrogen and oxygen atoms in total. The van der Waals surface area contributed by atoms with Crippen molar-refractivity contribution in [2.75, 3.05) is 14.2 Å². The van der Waals surface area contributed by atoms with Gasteiger partial charge < -0.3 is 14.6 Å². The molecule has 1 aliphatic carbocycles. The molecule has 116 valence electrons. The van der Waals surface area contributed by atoms with Crippen molar-refractivity contribution >= 4 is 5.97 Å². The van der Waals surface area contributed by atoms with Gasteiger partial charge in [0.25, 0.3) is 0 Å². The van der Waals surface area contributed by atoms with Gasteiger partial charge in [-0.1, -0.05) is 32.8 Å². The third kappa shape index (κ3) is 2.37. The molecule has 0 heterocycles. The van der Waals surface area contributed by atoms with Crippen LogP contribution in [0.15, 0.2) is 18.2 Å². The number of aliphatic carboxylic acids is 1. The van der Waals surface area contributed by atoms with Crippen LogP contribution >= 0.6 is 0 Å². The first kappa shape index (κ1) is 15.7. The van der Waals surface area contributed by atoms with E-state index in [0.717, 1.165) is 18.4 Å². The Labute approximate surface area is 126 Å². The summed E-state index contributed by atoms with van der Waals surface area (Å²) >= 11 is 0. The molecule has 0 atom stereocenters. The largest absolute Gasteiger partial charge is 0.493 e. The predicted octanol–water partition coefficient (Wildman–Crippen LogP) is 3.63. The Hall–Kier alpha value is -1.71. The van der Waals surface area contributed by atoms with E-state index >= 15 is 0 Å². The fourth-order valence-corrected chi connectivity index (χ4v) is 3.59. The molecule has 4 heteroatoms. The Morgan fingerprint density at radius 3 is 2.14 bits per heavy atom. The molecule has 1 saturated carbocycles. The molecule has 1 aromatic rings. The van der Waals surface area contributed by atoms with E-state index in [9.17, 15) is 9.90 Å². The summed E-state index contributed by atoms with van der Waals surface area (Å²) < 4.78 is 10.5. The summed E-state index contributed by atoms with van der Waals surface area (Å²) in [6.45, 7) is 4.29. The van der Waals surface area contributed by atoms with Gasteiger partial charge in [0.05, 0.1) is 19.6 Å². The minimum Gasteiger partial charge on any atom is -0.493 e. The summed E-state index contributed by atoms with van der Waals surface area (Å²) in [4.78, 5) is 11.9. The number of carboxylic acids is 1. The highest BCUT2D eigenvalue weighted by atomic mass is 16.5. The van der Waals surface area contributed by atoms with Gasteiger partial charge in [0.15, 0.2) is 11.5 Å². The first-order chi connectivity index (χ1) is 9.96.